The third-order valence-corrected chi connectivity index (χ3v) is 2.15. The average Bonchev–Trinajstić information content (AvgIpc) is 2.73. The van der Waals surface area contributed by atoms with E-state index in [1.807, 2.05) is 18.2 Å². The van der Waals surface area contributed by atoms with Crippen LogP contribution in [0.25, 0.3) is 22.8 Å². The fourth-order valence-corrected chi connectivity index (χ4v) is 1.43. The molecular formula is C11H8N4O. The molecule has 78 valence electrons. The Bertz CT molecular complexity index is 633. The summed E-state index contributed by atoms with van der Waals surface area (Å²) in [5, 5.41) is 0. The average molecular weight is 212 g/mol. The van der Waals surface area contributed by atoms with Crippen LogP contribution in [0.3, 0.4) is 0 Å². The van der Waals surface area contributed by atoms with Crippen LogP contribution in [0.15, 0.2) is 41.1 Å². The van der Waals surface area contributed by atoms with Crippen molar-refractivity contribution in [2.24, 2.45) is 0 Å². The van der Waals surface area contributed by atoms with Gasteiger partial charge in [-0.1, -0.05) is 6.07 Å². The minimum atomic E-state index is 0.453. The van der Waals surface area contributed by atoms with E-state index in [1.165, 1.54) is 0 Å². The van der Waals surface area contributed by atoms with Crippen LogP contribution in [0.1, 0.15) is 0 Å². The van der Waals surface area contributed by atoms with Crippen LogP contribution in [0.5, 0.6) is 0 Å². The molecule has 16 heavy (non-hydrogen) atoms. The number of nitrogens with zero attached hydrogens (tertiary/aromatic N) is 3. The van der Waals surface area contributed by atoms with E-state index in [9.17, 15) is 0 Å². The van der Waals surface area contributed by atoms with E-state index in [4.69, 9.17) is 10.2 Å². The Balaban J connectivity index is 2.19. The lowest BCUT2D eigenvalue weighted by molar-refractivity contribution is 0.617. The third-order valence-electron chi connectivity index (χ3n) is 2.15. The van der Waals surface area contributed by atoms with E-state index >= 15 is 0 Å². The SMILES string of the molecule is Nc1cnc2nc(-c3ccccn3)oc2c1. The van der Waals surface area contributed by atoms with Crippen LogP contribution in [0.4, 0.5) is 5.69 Å². The Hall–Kier alpha value is -2.43. The van der Waals surface area contributed by atoms with E-state index in [1.54, 1.807) is 18.5 Å². The molecule has 3 rings (SSSR count). The van der Waals surface area contributed by atoms with Gasteiger partial charge in [-0.3, -0.25) is 4.98 Å². The van der Waals surface area contributed by atoms with Crippen LogP contribution in [0.2, 0.25) is 0 Å². The first-order chi connectivity index (χ1) is 7.83. The normalized spacial score (nSPS) is 10.8. The van der Waals surface area contributed by atoms with Gasteiger partial charge in [-0.2, -0.15) is 4.98 Å². The molecule has 0 saturated carbocycles. The molecule has 0 aromatic carbocycles. The molecule has 0 bridgehead atoms. The van der Waals surface area contributed by atoms with Crippen molar-refractivity contribution in [3.05, 3.63) is 36.7 Å². The molecule has 0 radical (unpaired) electrons. The van der Waals surface area contributed by atoms with Crippen molar-refractivity contribution in [2.75, 3.05) is 5.73 Å². The Kier molecular flexibility index (Phi) is 1.83. The molecule has 3 aromatic rings. The fourth-order valence-electron chi connectivity index (χ4n) is 1.43. The van der Waals surface area contributed by atoms with Gasteiger partial charge in [0.15, 0.2) is 11.2 Å². The molecule has 5 nitrogen and oxygen atoms in total. The summed E-state index contributed by atoms with van der Waals surface area (Å²) < 4.78 is 5.52. The van der Waals surface area contributed by atoms with Crippen molar-refractivity contribution in [3.63, 3.8) is 0 Å². The Morgan fingerprint density at radius 2 is 2.12 bits per heavy atom. The number of nitrogen functional groups attached to an aromatic ring is 1. The number of nitrogens with two attached hydrogens (primary N) is 1. The molecule has 5 heteroatoms. The number of fused-ring (bicyclic) bond motifs is 1. The second kappa shape index (κ2) is 3.30. The number of rotatable bonds is 1. The maximum atomic E-state index is 5.61. The highest BCUT2D eigenvalue weighted by molar-refractivity contribution is 5.74. The third kappa shape index (κ3) is 1.38. The minimum absolute atomic E-state index is 0.453. The summed E-state index contributed by atoms with van der Waals surface area (Å²) >= 11 is 0. The molecule has 0 amide bonds. The maximum Gasteiger partial charge on any atom is 0.247 e. The number of hydrogen-bond acceptors (Lipinski definition) is 5. The number of hydrogen-bond donors (Lipinski definition) is 1. The smallest absolute Gasteiger partial charge is 0.247 e. The molecule has 2 N–H and O–H groups in total. The summed E-state index contributed by atoms with van der Waals surface area (Å²) in [4.78, 5) is 12.4. The fraction of sp³-hybridized carbons (Fsp3) is 0. The molecule has 0 aliphatic carbocycles. The number of pyridine rings is 2. The first kappa shape index (κ1) is 8.84. The maximum absolute atomic E-state index is 5.61. The zero-order valence-corrected chi connectivity index (χ0v) is 8.29. The van der Waals surface area contributed by atoms with Crippen LogP contribution in [-0.2, 0) is 0 Å². The zero-order chi connectivity index (χ0) is 11.0. The van der Waals surface area contributed by atoms with Gasteiger partial charge >= 0.3 is 0 Å². The molecule has 3 heterocycles. The summed E-state index contributed by atoms with van der Waals surface area (Å²) in [6, 6.07) is 7.23. The minimum Gasteiger partial charge on any atom is -0.433 e. The molecule has 0 aliphatic rings. The van der Waals surface area contributed by atoms with E-state index < -0.39 is 0 Å². The molecule has 0 aliphatic heterocycles. The van der Waals surface area contributed by atoms with Crippen LogP contribution in [0, 0.1) is 0 Å². The molecule has 0 fully saturated rings. The quantitative estimate of drug-likeness (QED) is 0.666. The number of aromatic nitrogens is 3. The standard InChI is InChI=1S/C11H8N4O/c12-7-5-9-10(14-6-7)15-11(16-9)8-3-1-2-4-13-8/h1-6H,12H2. The summed E-state index contributed by atoms with van der Waals surface area (Å²) in [5.41, 5.74) is 7.94. The zero-order valence-electron chi connectivity index (χ0n) is 8.29. The highest BCUT2D eigenvalue weighted by Crippen LogP contribution is 2.22. The number of anilines is 1. The first-order valence-electron chi connectivity index (χ1n) is 4.76. The highest BCUT2D eigenvalue weighted by atomic mass is 16.3. The molecule has 0 unspecified atom stereocenters. The predicted octanol–water partition coefficient (Wildman–Crippen LogP) is 1.87. The van der Waals surface area contributed by atoms with Gasteiger partial charge in [0.1, 0.15) is 5.69 Å². The van der Waals surface area contributed by atoms with Gasteiger partial charge < -0.3 is 10.2 Å². The van der Waals surface area contributed by atoms with Crippen LogP contribution < -0.4 is 5.73 Å². The second-order valence-corrected chi connectivity index (χ2v) is 3.32. The molecule has 0 saturated heterocycles. The van der Waals surface area contributed by atoms with Gasteiger partial charge in [0.05, 0.1) is 11.9 Å². The van der Waals surface area contributed by atoms with Gasteiger partial charge in [0.25, 0.3) is 0 Å². The monoisotopic (exact) mass is 212 g/mol. The molecular weight excluding hydrogens is 204 g/mol. The van der Waals surface area contributed by atoms with E-state index in [-0.39, 0.29) is 0 Å². The lowest BCUT2D eigenvalue weighted by atomic mass is 10.3. The highest BCUT2D eigenvalue weighted by Gasteiger charge is 2.09. The van der Waals surface area contributed by atoms with Gasteiger partial charge in [0.2, 0.25) is 5.89 Å². The van der Waals surface area contributed by atoms with Crippen molar-refractivity contribution < 1.29 is 4.42 Å². The largest absolute Gasteiger partial charge is 0.433 e. The van der Waals surface area contributed by atoms with Crippen molar-refractivity contribution in [3.8, 4) is 11.6 Å². The first-order valence-corrected chi connectivity index (χ1v) is 4.76. The van der Waals surface area contributed by atoms with Gasteiger partial charge in [-0.15, -0.1) is 0 Å². The van der Waals surface area contributed by atoms with Crippen molar-refractivity contribution in [2.45, 2.75) is 0 Å². The van der Waals surface area contributed by atoms with Gasteiger partial charge in [-0.25, -0.2) is 4.98 Å². The van der Waals surface area contributed by atoms with Gasteiger partial charge in [-0.05, 0) is 12.1 Å². The Labute approximate surface area is 91.0 Å². The van der Waals surface area contributed by atoms with Crippen molar-refractivity contribution >= 4 is 16.9 Å². The Morgan fingerprint density at radius 1 is 1.19 bits per heavy atom. The lowest BCUT2D eigenvalue weighted by Gasteiger charge is -1.90. The predicted molar refractivity (Wildman–Crippen MR) is 59.4 cm³/mol. The van der Waals surface area contributed by atoms with E-state index in [0.717, 1.165) is 0 Å². The summed E-state index contributed by atoms with van der Waals surface area (Å²) in [7, 11) is 0. The number of oxazole rings is 1. The van der Waals surface area contributed by atoms with Crippen molar-refractivity contribution in [1.29, 1.82) is 0 Å². The Morgan fingerprint density at radius 3 is 2.94 bits per heavy atom. The summed E-state index contributed by atoms with van der Waals surface area (Å²) in [5.74, 6) is 0.453. The molecule has 0 spiro atoms. The van der Waals surface area contributed by atoms with E-state index in [0.29, 0.717) is 28.5 Å². The van der Waals surface area contributed by atoms with Crippen LogP contribution in [-0.4, -0.2) is 15.0 Å². The van der Waals surface area contributed by atoms with Gasteiger partial charge in [0, 0.05) is 12.3 Å². The topological polar surface area (TPSA) is 77.8 Å². The van der Waals surface area contributed by atoms with E-state index in [2.05, 4.69) is 15.0 Å². The summed E-state index contributed by atoms with van der Waals surface area (Å²) in [6.07, 6.45) is 3.24. The van der Waals surface area contributed by atoms with Crippen molar-refractivity contribution in [1.82, 2.24) is 15.0 Å². The summed E-state index contributed by atoms with van der Waals surface area (Å²) in [6.45, 7) is 0. The molecule has 0 atom stereocenters. The lowest BCUT2D eigenvalue weighted by Crippen LogP contribution is -1.85. The molecule has 3 aromatic heterocycles. The second-order valence-electron chi connectivity index (χ2n) is 3.32. The van der Waals surface area contributed by atoms with Crippen LogP contribution >= 0.6 is 0 Å².